The fourth-order valence-electron chi connectivity index (χ4n) is 4.68. The number of nitrogens with one attached hydrogen (secondary N) is 2. The zero-order valence-corrected chi connectivity index (χ0v) is 19.7. The van der Waals surface area contributed by atoms with Gasteiger partial charge >= 0.3 is 0 Å². The molecular weight excluding hydrogens is 465 g/mol. The molecule has 4 N–H and O–H groups in total. The van der Waals surface area contributed by atoms with Gasteiger partial charge < -0.3 is 26.0 Å². The van der Waals surface area contributed by atoms with Crippen LogP contribution in [-0.4, -0.2) is 62.3 Å². The summed E-state index contributed by atoms with van der Waals surface area (Å²) in [6.45, 7) is 3.75. The molecule has 0 radical (unpaired) electrons. The van der Waals surface area contributed by atoms with E-state index in [9.17, 15) is 4.79 Å². The molecule has 5 heterocycles. The van der Waals surface area contributed by atoms with Gasteiger partial charge in [-0.15, -0.1) is 0 Å². The summed E-state index contributed by atoms with van der Waals surface area (Å²) in [5.41, 5.74) is 9.67. The number of nitrogens with zero attached hydrogens (tertiary/aromatic N) is 6. The molecule has 1 fully saturated rings. The van der Waals surface area contributed by atoms with Crippen LogP contribution in [0.1, 0.15) is 18.0 Å². The number of ether oxygens (including phenoxy) is 1. The number of carbonyl (C=O) groups excluding carboxylic acids is 1. The summed E-state index contributed by atoms with van der Waals surface area (Å²) >= 11 is 0. The van der Waals surface area contributed by atoms with Gasteiger partial charge in [0.1, 0.15) is 18.3 Å². The quantitative estimate of drug-likeness (QED) is 0.370. The number of nitrogen functional groups attached to an aromatic ring is 1. The van der Waals surface area contributed by atoms with Crippen LogP contribution in [0.25, 0.3) is 22.0 Å². The van der Waals surface area contributed by atoms with Gasteiger partial charge in [-0.25, -0.2) is 19.3 Å². The van der Waals surface area contributed by atoms with Crippen molar-refractivity contribution in [3.63, 3.8) is 0 Å². The van der Waals surface area contributed by atoms with E-state index < -0.39 is 5.82 Å². The third kappa shape index (κ3) is 3.53. The number of likely N-dealkylation sites (N-methyl/N-ethyl adjacent to an activating group) is 1. The third-order valence-corrected chi connectivity index (χ3v) is 6.68. The fourth-order valence-corrected chi connectivity index (χ4v) is 4.68. The summed E-state index contributed by atoms with van der Waals surface area (Å²) in [6.07, 6.45) is 7.13. The number of pyridine rings is 1. The van der Waals surface area contributed by atoms with Crippen molar-refractivity contribution in [3.05, 3.63) is 42.2 Å². The SMILES string of the molecule is Cc1c(-c2cc3nc(Nc4cnn([C@@H]5CCN(C)C5=O)c4)ncc3c(N)c2F)cnc2c1NCCO2. The fraction of sp³-hybridized carbons (Fsp3) is 0.292. The first-order chi connectivity index (χ1) is 17.4. The van der Waals surface area contributed by atoms with E-state index in [2.05, 4.69) is 30.7 Å². The molecule has 1 aromatic carbocycles. The van der Waals surface area contributed by atoms with E-state index in [0.29, 0.717) is 65.7 Å². The van der Waals surface area contributed by atoms with Gasteiger partial charge in [-0.2, -0.15) is 5.10 Å². The van der Waals surface area contributed by atoms with Crippen molar-refractivity contribution in [3.8, 4) is 17.0 Å². The molecule has 1 saturated heterocycles. The number of halogens is 1. The molecular formula is C24H24FN9O2. The lowest BCUT2D eigenvalue weighted by Gasteiger charge is -2.22. The van der Waals surface area contributed by atoms with Gasteiger partial charge in [0.25, 0.3) is 0 Å². The van der Waals surface area contributed by atoms with Crippen molar-refractivity contribution in [1.82, 2.24) is 29.6 Å². The average Bonchev–Trinajstić information content (AvgIpc) is 3.48. The van der Waals surface area contributed by atoms with Crippen LogP contribution in [0.15, 0.2) is 30.9 Å². The summed E-state index contributed by atoms with van der Waals surface area (Å²) in [5, 5.41) is 11.1. The van der Waals surface area contributed by atoms with Crippen LogP contribution in [-0.2, 0) is 4.79 Å². The standard InChI is InChI=1S/C24H24FN9O2/c1-12-15(9-28-22-21(12)27-4-6-36-22)14-7-17-16(20(26)19(14)25)10-29-24(32-17)31-13-8-30-34(11-13)18-3-5-33(2)23(18)35/h7-11,18,27H,3-6,26H2,1-2H3,(H,29,31,32)/t18-/m1/s1. The van der Waals surface area contributed by atoms with E-state index in [1.54, 1.807) is 41.3 Å². The second-order valence-corrected chi connectivity index (χ2v) is 8.93. The van der Waals surface area contributed by atoms with Gasteiger partial charge in [0, 0.05) is 55.2 Å². The Morgan fingerprint density at radius 2 is 2.11 bits per heavy atom. The number of rotatable bonds is 4. The van der Waals surface area contributed by atoms with Crippen LogP contribution in [0.2, 0.25) is 0 Å². The molecule has 0 saturated carbocycles. The number of likely N-dealkylation sites (tertiary alicyclic amines) is 1. The minimum absolute atomic E-state index is 0.0327. The van der Waals surface area contributed by atoms with E-state index >= 15 is 4.39 Å². The topological polar surface area (TPSA) is 136 Å². The van der Waals surface area contributed by atoms with Crippen LogP contribution < -0.4 is 21.1 Å². The molecule has 0 unspecified atom stereocenters. The van der Waals surface area contributed by atoms with E-state index in [1.165, 1.54) is 6.20 Å². The molecule has 3 aromatic heterocycles. The van der Waals surface area contributed by atoms with Gasteiger partial charge in [0.15, 0.2) is 5.82 Å². The number of carbonyl (C=O) groups is 1. The Morgan fingerprint density at radius 3 is 2.92 bits per heavy atom. The predicted molar refractivity (Wildman–Crippen MR) is 133 cm³/mol. The zero-order chi connectivity index (χ0) is 25.0. The van der Waals surface area contributed by atoms with E-state index in [-0.39, 0.29) is 17.6 Å². The summed E-state index contributed by atoms with van der Waals surface area (Å²) < 4.78 is 22.6. The van der Waals surface area contributed by atoms with Crippen molar-refractivity contribution >= 4 is 39.8 Å². The van der Waals surface area contributed by atoms with Crippen molar-refractivity contribution in [1.29, 1.82) is 0 Å². The first-order valence-electron chi connectivity index (χ1n) is 11.6. The smallest absolute Gasteiger partial charge is 0.247 e. The number of fused-ring (bicyclic) bond motifs is 2. The molecule has 0 bridgehead atoms. The number of hydrogen-bond donors (Lipinski definition) is 3. The van der Waals surface area contributed by atoms with Crippen LogP contribution in [0, 0.1) is 12.7 Å². The monoisotopic (exact) mass is 489 g/mol. The molecule has 36 heavy (non-hydrogen) atoms. The lowest BCUT2D eigenvalue weighted by atomic mass is 9.98. The first-order valence-corrected chi connectivity index (χ1v) is 11.6. The van der Waals surface area contributed by atoms with Crippen LogP contribution >= 0.6 is 0 Å². The Balaban J connectivity index is 1.34. The molecule has 11 nitrogen and oxygen atoms in total. The Hall–Kier alpha value is -4.48. The third-order valence-electron chi connectivity index (χ3n) is 6.68. The van der Waals surface area contributed by atoms with Crippen LogP contribution in [0.3, 0.4) is 0 Å². The molecule has 2 aliphatic rings. The molecule has 2 aliphatic heterocycles. The van der Waals surface area contributed by atoms with Crippen molar-refractivity contribution in [2.24, 2.45) is 0 Å². The zero-order valence-electron chi connectivity index (χ0n) is 19.7. The number of hydrogen-bond acceptors (Lipinski definition) is 9. The number of amides is 1. The van der Waals surface area contributed by atoms with Gasteiger partial charge in [-0.1, -0.05) is 0 Å². The molecule has 1 amide bonds. The molecule has 0 spiro atoms. The maximum atomic E-state index is 15.4. The van der Waals surface area contributed by atoms with E-state index in [4.69, 9.17) is 10.5 Å². The average molecular weight is 490 g/mol. The largest absolute Gasteiger partial charge is 0.474 e. The molecule has 1 atom stereocenters. The van der Waals surface area contributed by atoms with E-state index in [1.807, 2.05) is 6.92 Å². The Morgan fingerprint density at radius 1 is 1.25 bits per heavy atom. The number of benzene rings is 1. The maximum absolute atomic E-state index is 15.4. The molecule has 12 heteroatoms. The summed E-state index contributed by atoms with van der Waals surface area (Å²) in [5.74, 6) is 0.271. The van der Waals surface area contributed by atoms with Crippen molar-refractivity contribution < 1.29 is 13.9 Å². The predicted octanol–water partition coefficient (Wildman–Crippen LogP) is 2.87. The summed E-state index contributed by atoms with van der Waals surface area (Å²) in [7, 11) is 1.78. The van der Waals surface area contributed by atoms with E-state index in [0.717, 1.165) is 11.3 Å². The lowest BCUT2D eigenvalue weighted by molar-refractivity contribution is -0.129. The Labute approximate surface area is 205 Å². The second kappa shape index (κ2) is 8.33. The summed E-state index contributed by atoms with van der Waals surface area (Å²) in [6, 6.07) is 1.33. The maximum Gasteiger partial charge on any atom is 0.247 e. The highest BCUT2D eigenvalue weighted by atomic mass is 19.1. The van der Waals surface area contributed by atoms with Gasteiger partial charge in [0.2, 0.25) is 17.7 Å². The Bertz CT molecular complexity index is 1520. The molecule has 4 aromatic rings. The molecule has 6 rings (SSSR count). The van der Waals surface area contributed by atoms with Crippen LogP contribution in [0.5, 0.6) is 5.88 Å². The number of nitrogens with two attached hydrogens (primary N) is 1. The highest BCUT2D eigenvalue weighted by Crippen LogP contribution is 2.39. The van der Waals surface area contributed by atoms with Crippen molar-refractivity contribution in [2.75, 3.05) is 43.1 Å². The number of anilines is 4. The first kappa shape index (κ1) is 22.0. The molecule has 0 aliphatic carbocycles. The minimum atomic E-state index is -0.555. The lowest BCUT2D eigenvalue weighted by Crippen LogP contribution is -2.24. The van der Waals surface area contributed by atoms with Gasteiger partial charge in [0.05, 0.1) is 23.1 Å². The second-order valence-electron chi connectivity index (χ2n) is 8.93. The highest BCUT2D eigenvalue weighted by Gasteiger charge is 2.31. The minimum Gasteiger partial charge on any atom is -0.474 e. The van der Waals surface area contributed by atoms with Gasteiger partial charge in [-0.3, -0.25) is 9.48 Å². The van der Waals surface area contributed by atoms with Crippen LogP contribution in [0.4, 0.5) is 27.4 Å². The highest BCUT2D eigenvalue weighted by molar-refractivity contribution is 5.96. The van der Waals surface area contributed by atoms with Crippen molar-refractivity contribution in [2.45, 2.75) is 19.4 Å². The number of aromatic nitrogens is 5. The Kier molecular flexibility index (Phi) is 5.09. The van der Waals surface area contributed by atoms with Gasteiger partial charge in [-0.05, 0) is 25.0 Å². The normalized spacial score (nSPS) is 17.1. The summed E-state index contributed by atoms with van der Waals surface area (Å²) in [4.78, 5) is 27.2. The molecule has 184 valence electrons.